The second kappa shape index (κ2) is 4.32. The molecule has 0 radical (unpaired) electrons. The molecule has 0 fully saturated rings. The summed E-state index contributed by atoms with van der Waals surface area (Å²) >= 11 is 1.47. The number of amides is 1. The number of hydrogen-bond acceptors (Lipinski definition) is 3. The van der Waals surface area contributed by atoms with Gasteiger partial charge in [-0.1, -0.05) is 0 Å². The Morgan fingerprint density at radius 2 is 2.19 bits per heavy atom. The van der Waals surface area contributed by atoms with E-state index in [2.05, 4.69) is 0 Å². The highest BCUT2D eigenvalue weighted by Crippen LogP contribution is 2.32. The smallest absolute Gasteiger partial charge is 0.409 e. The molecule has 1 aromatic carbocycles. The van der Waals surface area contributed by atoms with Crippen molar-refractivity contribution in [1.82, 2.24) is 0 Å². The summed E-state index contributed by atoms with van der Waals surface area (Å²) in [5.74, 6) is -0.134. The third-order valence-corrected chi connectivity index (χ3v) is 2.67. The van der Waals surface area contributed by atoms with E-state index in [0.29, 0.717) is 5.56 Å². The molecule has 82 valence electrons. The first-order chi connectivity index (χ1) is 7.66. The van der Waals surface area contributed by atoms with Crippen molar-refractivity contribution in [3.8, 4) is 16.9 Å². The van der Waals surface area contributed by atoms with Crippen LogP contribution in [0.2, 0.25) is 0 Å². The van der Waals surface area contributed by atoms with E-state index in [1.165, 1.54) is 29.5 Å². The Balaban J connectivity index is 2.48. The fourth-order valence-electron chi connectivity index (χ4n) is 1.34. The maximum absolute atomic E-state index is 13.1. The van der Waals surface area contributed by atoms with Gasteiger partial charge in [-0.25, -0.2) is 9.18 Å². The van der Waals surface area contributed by atoms with Crippen molar-refractivity contribution in [3.05, 3.63) is 40.8 Å². The van der Waals surface area contributed by atoms with Gasteiger partial charge in [0, 0.05) is 5.56 Å². The van der Waals surface area contributed by atoms with Crippen LogP contribution in [0.4, 0.5) is 9.18 Å². The molecular formula is C11H8FNO2S. The molecule has 1 heterocycles. The molecule has 0 saturated heterocycles. The fraction of sp³-hybridized carbons (Fsp3) is 0. The molecule has 0 atom stereocenters. The standard InChI is InChI=1S/C11H8FNO2S/c12-8-1-2-10(15-11(13)14)9(5-8)7-3-4-16-6-7/h1-6H,(H2,13,14). The van der Waals surface area contributed by atoms with Gasteiger partial charge < -0.3 is 10.5 Å². The van der Waals surface area contributed by atoms with Gasteiger partial charge in [-0.05, 0) is 40.6 Å². The third kappa shape index (κ3) is 2.20. The lowest BCUT2D eigenvalue weighted by Gasteiger charge is -2.07. The quantitative estimate of drug-likeness (QED) is 0.872. The number of benzene rings is 1. The maximum atomic E-state index is 13.1. The highest BCUT2D eigenvalue weighted by molar-refractivity contribution is 7.08. The Bertz CT molecular complexity index is 511. The Labute approximate surface area is 95.3 Å². The van der Waals surface area contributed by atoms with Gasteiger partial charge in [-0.2, -0.15) is 11.3 Å². The lowest BCUT2D eigenvalue weighted by molar-refractivity contribution is 0.211. The number of carbonyl (C=O) groups is 1. The Morgan fingerprint density at radius 3 is 2.81 bits per heavy atom. The highest BCUT2D eigenvalue weighted by atomic mass is 32.1. The molecule has 0 spiro atoms. The minimum atomic E-state index is -0.914. The molecule has 0 bridgehead atoms. The van der Waals surface area contributed by atoms with E-state index in [1.807, 2.05) is 16.8 Å². The minimum absolute atomic E-state index is 0.257. The van der Waals surface area contributed by atoms with Crippen molar-refractivity contribution >= 4 is 17.4 Å². The van der Waals surface area contributed by atoms with Crippen molar-refractivity contribution in [2.45, 2.75) is 0 Å². The number of ether oxygens (including phenoxy) is 1. The summed E-state index contributed by atoms with van der Waals surface area (Å²) in [5, 5.41) is 3.69. The number of halogens is 1. The second-order valence-corrected chi connectivity index (χ2v) is 3.85. The van der Waals surface area contributed by atoms with Crippen LogP contribution in [0.1, 0.15) is 0 Å². The van der Waals surface area contributed by atoms with Crippen LogP contribution in [0.3, 0.4) is 0 Å². The summed E-state index contributed by atoms with van der Waals surface area (Å²) in [6.07, 6.45) is -0.914. The van der Waals surface area contributed by atoms with E-state index in [4.69, 9.17) is 10.5 Å². The molecule has 2 aromatic rings. The molecule has 16 heavy (non-hydrogen) atoms. The van der Waals surface area contributed by atoms with E-state index in [9.17, 15) is 9.18 Å². The Morgan fingerprint density at radius 1 is 1.38 bits per heavy atom. The molecule has 1 aromatic heterocycles. The number of hydrogen-bond donors (Lipinski definition) is 1. The first-order valence-corrected chi connectivity index (χ1v) is 5.40. The SMILES string of the molecule is NC(=O)Oc1ccc(F)cc1-c1ccsc1. The maximum Gasteiger partial charge on any atom is 0.409 e. The van der Waals surface area contributed by atoms with E-state index in [-0.39, 0.29) is 5.75 Å². The average molecular weight is 237 g/mol. The van der Waals surface area contributed by atoms with Crippen molar-refractivity contribution in [1.29, 1.82) is 0 Å². The van der Waals surface area contributed by atoms with Crippen LogP contribution in [0.25, 0.3) is 11.1 Å². The molecule has 2 N–H and O–H groups in total. The molecule has 0 aliphatic carbocycles. The van der Waals surface area contributed by atoms with Crippen LogP contribution in [0, 0.1) is 5.82 Å². The molecule has 2 rings (SSSR count). The van der Waals surface area contributed by atoms with Crippen molar-refractivity contribution < 1.29 is 13.9 Å². The van der Waals surface area contributed by atoms with Crippen molar-refractivity contribution in [2.75, 3.05) is 0 Å². The molecule has 1 amide bonds. The van der Waals surface area contributed by atoms with Gasteiger partial charge in [-0.3, -0.25) is 0 Å². The lowest BCUT2D eigenvalue weighted by Crippen LogP contribution is -2.16. The number of thiophene rings is 1. The van der Waals surface area contributed by atoms with Gasteiger partial charge in [0.15, 0.2) is 0 Å². The molecule has 0 aliphatic rings. The molecule has 5 heteroatoms. The van der Waals surface area contributed by atoms with E-state index >= 15 is 0 Å². The van der Waals surface area contributed by atoms with Gasteiger partial charge in [0.25, 0.3) is 0 Å². The van der Waals surface area contributed by atoms with Crippen molar-refractivity contribution in [2.24, 2.45) is 5.73 Å². The van der Waals surface area contributed by atoms with Crippen molar-refractivity contribution in [3.63, 3.8) is 0 Å². The van der Waals surface area contributed by atoms with Gasteiger partial charge in [0.05, 0.1) is 0 Å². The zero-order valence-corrected chi connectivity index (χ0v) is 8.96. The Hall–Kier alpha value is -1.88. The number of carbonyl (C=O) groups excluding carboxylic acids is 1. The van der Waals surface area contributed by atoms with Crippen LogP contribution < -0.4 is 10.5 Å². The van der Waals surface area contributed by atoms with E-state index in [0.717, 1.165) is 5.56 Å². The highest BCUT2D eigenvalue weighted by Gasteiger charge is 2.10. The summed E-state index contributed by atoms with van der Waals surface area (Å²) in [6.45, 7) is 0. The summed E-state index contributed by atoms with van der Waals surface area (Å²) < 4.78 is 17.9. The number of primary amides is 1. The first kappa shape index (κ1) is 10.6. The van der Waals surface area contributed by atoms with Crippen LogP contribution in [0.5, 0.6) is 5.75 Å². The molecule has 3 nitrogen and oxygen atoms in total. The van der Waals surface area contributed by atoms with Gasteiger partial charge in [0.1, 0.15) is 11.6 Å². The summed E-state index contributed by atoms with van der Waals surface area (Å²) in [4.78, 5) is 10.7. The third-order valence-electron chi connectivity index (χ3n) is 1.98. The van der Waals surface area contributed by atoms with Crippen LogP contribution >= 0.6 is 11.3 Å². The monoisotopic (exact) mass is 237 g/mol. The normalized spacial score (nSPS) is 10.1. The molecule has 0 unspecified atom stereocenters. The molecular weight excluding hydrogens is 229 g/mol. The first-order valence-electron chi connectivity index (χ1n) is 4.46. The predicted octanol–water partition coefficient (Wildman–Crippen LogP) is 3.01. The fourth-order valence-corrected chi connectivity index (χ4v) is 2.00. The number of rotatable bonds is 2. The average Bonchev–Trinajstić information content (AvgIpc) is 2.73. The van der Waals surface area contributed by atoms with E-state index in [1.54, 1.807) is 0 Å². The summed E-state index contributed by atoms with van der Waals surface area (Å²) in [6, 6.07) is 5.72. The Kier molecular flexibility index (Phi) is 2.87. The van der Waals surface area contributed by atoms with E-state index < -0.39 is 11.9 Å². The van der Waals surface area contributed by atoms with Crippen LogP contribution in [-0.2, 0) is 0 Å². The zero-order chi connectivity index (χ0) is 11.5. The predicted molar refractivity (Wildman–Crippen MR) is 59.9 cm³/mol. The minimum Gasteiger partial charge on any atom is -0.410 e. The second-order valence-electron chi connectivity index (χ2n) is 3.07. The number of nitrogens with two attached hydrogens (primary N) is 1. The molecule has 0 aliphatic heterocycles. The summed E-state index contributed by atoms with van der Waals surface area (Å²) in [7, 11) is 0. The molecule has 0 saturated carbocycles. The van der Waals surface area contributed by atoms with Gasteiger partial charge in [-0.15, -0.1) is 0 Å². The van der Waals surface area contributed by atoms with Gasteiger partial charge >= 0.3 is 6.09 Å². The largest absolute Gasteiger partial charge is 0.410 e. The summed E-state index contributed by atoms with van der Waals surface area (Å²) in [5.41, 5.74) is 6.24. The van der Waals surface area contributed by atoms with Crippen LogP contribution in [0.15, 0.2) is 35.0 Å². The topological polar surface area (TPSA) is 52.3 Å². The lowest BCUT2D eigenvalue weighted by atomic mass is 10.1. The zero-order valence-electron chi connectivity index (χ0n) is 8.14. The van der Waals surface area contributed by atoms with Crippen LogP contribution in [-0.4, -0.2) is 6.09 Å². The van der Waals surface area contributed by atoms with Gasteiger partial charge in [0.2, 0.25) is 0 Å².